The number of hydrogen-bond acceptors (Lipinski definition) is 3. The fraction of sp³-hybridized carbons (Fsp3) is 0.462. The lowest BCUT2D eigenvalue weighted by molar-refractivity contribution is -0.138. The second kappa shape index (κ2) is 5.19. The molecule has 0 unspecified atom stereocenters. The molecule has 0 bridgehead atoms. The summed E-state index contributed by atoms with van der Waals surface area (Å²) in [6, 6.07) is 8.22. The Morgan fingerprint density at radius 1 is 1.53 bits per heavy atom. The topological polar surface area (TPSA) is 49.8 Å². The summed E-state index contributed by atoms with van der Waals surface area (Å²) in [6.07, 6.45) is 2.22. The van der Waals surface area contributed by atoms with Crippen LogP contribution in [0.25, 0.3) is 0 Å². The maximum Gasteiger partial charge on any atom is 0.317 e. The number of methoxy groups -OCH3 is 1. The minimum absolute atomic E-state index is 0.113. The van der Waals surface area contributed by atoms with Gasteiger partial charge < -0.3 is 9.84 Å². The zero-order chi connectivity index (χ0) is 12.3. The van der Waals surface area contributed by atoms with E-state index < -0.39 is 5.97 Å². The molecular weight excluding hydrogens is 218 g/mol. The predicted octanol–water partition coefficient (Wildman–Crippen LogP) is 1.74. The highest BCUT2D eigenvalue weighted by Crippen LogP contribution is 2.28. The Hall–Kier alpha value is -1.55. The van der Waals surface area contributed by atoms with Crippen LogP contribution in [0.15, 0.2) is 24.3 Å². The molecule has 4 heteroatoms. The van der Waals surface area contributed by atoms with Crippen LogP contribution in [-0.4, -0.2) is 35.7 Å². The molecule has 1 aliphatic rings. The number of rotatable bonds is 6. The molecule has 0 aliphatic heterocycles. The Morgan fingerprint density at radius 3 is 2.88 bits per heavy atom. The molecule has 92 valence electrons. The Labute approximate surface area is 101 Å². The van der Waals surface area contributed by atoms with E-state index in [-0.39, 0.29) is 6.54 Å². The summed E-state index contributed by atoms with van der Waals surface area (Å²) in [5, 5.41) is 8.87. The van der Waals surface area contributed by atoms with Crippen molar-refractivity contribution in [3.8, 4) is 5.75 Å². The van der Waals surface area contributed by atoms with Crippen molar-refractivity contribution in [1.82, 2.24) is 4.90 Å². The molecular formula is C13H17NO3. The van der Waals surface area contributed by atoms with Gasteiger partial charge in [0.25, 0.3) is 0 Å². The van der Waals surface area contributed by atoms with Crippen molar-refractivity contribution < 1.29 is 14.6 Å². The first-order chi connectivity index (χ1) is 8.19. The molecule has 1 saturated carbocycles. The summed E-state index contributed by atoms with van der Waals surface area (Å²) >= 11 is 0. The van der Waals surface area contributed by atoms with Gasteiger partial charge in [-0.1, -0.05) is 12.1 Å². The van der Waals surface area contributed by atoms with Crippen LogP contribution in [0.2, 0.25) is 0 Å². The van der Waals surface area contributed by atoms with E-state index in [1.807, 2.05) is 29.2 Å². The fourth-order valence-electron chi connectivity index (χ4n) is 1.93. The van der Waals surface area contributed by atoms with Crippen molar-refractivity contribution in [2.24, 2.45) is 0 Å². The summed E-state index contributed by atoms with van der Waals surface area (Å²) in [5.41, 5.74) is 1.09. The molecule has 1 aromatic rings. The molecule has 0 atom stereocenters. The molecule has 0 amide bonds. The van der Waals surface area contributed by atoms with Crippen LogP contribution in [0.5, 0.6) is 5.75 Å². The van der Waals surface area contributed by atoms with E-state index in [2.05, 4.69) is 0 Å². The SMILES string of the molecule is COc1cccc(CN(CC(=O)O)C2CC2)c1. The van der Waals surface area contributed by atoms with Crippen LogP contribution in [0.3, 0.4) is 0 Å². The normalized spacial score (nSPS) is 14.9. The Balaban J connectivity index is 2.03. The molecule has 1 aliphatic carbocycles. The van der Waals surface area contributed by atoms with Crippen molar-refractivity contribution in [1.29, 1.82) is 0 Å². The van der Waals surface area contributed by atoms with Gasteiger partial charge in [-0.25, -0.2) is 0 Å². The summed E-state index contributed by atoms with van der Waals surface area (Å²) in [4.78, 5) is 12.8. The zero-order valence-electron chi connectivity index (χ0n) is 9.93. The van der Waals surface area contributed by atoms with Crippen LogP contribution < -0.4 is 4.74 Å². The average Bonchev–Trinajstić information content (AvgIpc) is 3.12. The molecule has 0 radical (unpaired) electrons. The van der Waals surface area contributed by atoms with Gasteiger partial charge in [0, 0.05) is 12.6 Å². The van der Waals surface area contributed by atoms with Crippen LogP contribution in [-0.2, 0) is 11.3 Å². The first-order valence-electron chi connectivity index (χ1n) is 5.78. The van der Waals surface area contributed by atoms with E-state index in [9.17, 15) is 4.79 Å². The first kappa shape index (κ1) is 11.9. The smallest absolute Gasteiger partial charge is 0.317 e. The van der Waals surface area contributed by atoms with Gasteiger partial charge in [-0.3, -0.25) is 9.69 Å². The van der Waals surface area contributed by atoms with Crippen LogP contribution >= 0.6 is 0 Å². The average molecular weight is 235 g/mol. The van der Waals surface area contributed by atoms with Gasteiger partial charge in [0.1, 0.15) is 5.75 Å². The van der Waals surface area contributed by atoms with E-state index in [4.69, 9.17) is 9.84 Å². The fourth-order valence-corrected chi connectivity index (χ4v) is 1.93. The lowest BCUT2D eigenvalue weighted by Gasteiger charge is -2.19. The quantitative estimate of drug-likeness (QED) is 0.816. The number of aliphatic carboxylic acids is 1. The van der Waals surface area contributed by atoms with Crippen LogP contribution in [0.4, 0.5) is 0 Å². The van der Waals surface area contributed by atoms with Crippen molar-refractivity contribution in [2.75, 3.05) is 13.7 Å². The highest BCUT2D eigenvalue weighted by Gasteiger charge is 2.30. The molecule has 1 fully saturated rings. The summed E-state index contributed by atoms with van der Waals surface area (Å²) in [6.45, 7) is 0.788. The number of nitrogens with zero attached hydrogens (tertiary/aromatic N) is 1. The minimum Gasteiger partial charge on any atom is -0.497 e. The molecule has 0 aromatic heterocycles. The number of ether oxygens (including phenoxy) is 1. The van der Waals surface area contributed by atoms with E-state index in [1.54, 1.807) is 7.11 Å². The van der Waals surface area contributed by atoms with E-state index >= 15 is 0 Å². The third kappa shape index (κ3) is 3.46. The van der Waals surface area contributed by atoms with Gasteiger partial charge in [-0.15, -0.1) is 0 Å². The molecule has 17 heavy (non-hydrogen) atoms. The number of carboxylic acid groups (broad SMARTS) is 1. The largest absolute Gasteiger partial charge is 0.497 e. The maximum atomic E-state index is 10.8. The van der Waals surface area contributed by atoms with Gasteiger partial charge in [-0.2, -0.15) is 0 Å². The standard InChI is InChI=1S/C13H17NO3/c1-17-12-4-2-3-10(7-12)8-14(9-13(15)16)11-5-6-11/h2-4,7,11H,5-6,8-9H2,1H3,(H,15,16). The Bertz CT molecular complexity index is 401. The minimum atomic E-state index is -0.764. The first-order valence-corrected chi connectivity index (χ1v) is 5.78. The number of hydrogen-bond donors (Lipinski definition) is 1. The monoisotopic (exact) mass is 235 g/mol. The van der Waals surface area contributed by atoms with Gasteiger partial charge in [0.15, 0.2) is 0 Å². The summed E-state index contributed by atoms with van der Waals surface area (Å²) < 4.78 is 5.16. The van der Waals surface area contributed by atoms with Gasteiger partial charge >= 0.3 is 5.97 Å². The maximum absolute atomic E-state index is 10.8. The molecule has 0 heterocycles. The highest BCUT2D eigenvalue weighted by molar-refractivity contribution is 5.69. The summed E-state index contributed by atoms with van der Waals surface area (Å²) in [5.74, 6) is 0.0494. The van der Waals surface area contributed by atoms with E-state index in [1.165, 1.54) is 0 Å². The Morgan fingerprint density at radius 2 is 2.29 bits per heavy atom. The molecule has 1 aromatic carbocycles. The molecule has 0 spiro atoms. The van der Waals surface area contributed by atoms with E-state index in [0.29, 0.717) is 12.6 Å². The molecule has 4 nitrogen and oxygen atoms in total. The predicted molar refractivity (Wildman–Crippen MR) is 64.1 cm³/mol. The van der Waals surface area contributed by atoms with Crippen molar-refractivity contribution in [3.05, 3.63) is 29.8 Å². The summed E-state index contributed by atoms with van der Waals surface area (Å²) in [7, 11) is 1.63. The second-order valence-electron chi connectivity index (χ2n) is 4.38. The van der Waals surface area contributed by atoms with Crippen molar-refractivity contribution in [2.45, 2.75) is 25.4 Å². The molecule has 1 N–H and O–H groups in total. The third-order valence-electron chi connectivity index (χ3n) is 2.92. The molecule has 0 saturated heterocycles. The van der Waals surface area contributed by atoms with Crippen LogP contribution in [0.1, 0.15) is 18.4 Å². The molecule has 2 rings (SSSR count). The number of carboxylic acids is 1. The number of carbonyl (C=O) groups is 1. The van der Waals surface area contributed by atoms with Gasteiger partial charge in [0.05, 0.1) is 13.7 Å². The lowest BCUT2D eigenvalue weighted by Crippen LogP contribution is -2.31. The van der Waals surface area contributed by atoms with Gasteiger partial charge in [0.2, 0.25) is 0 Å². The lowest BCUT2D eigenvalue weighted by atomic mass is 10.2. The van der Waals surface area contributed by atoms with E-state index in [0.717, 1.165) is 24.2 Å². The Kier molecular flexibility index (Phi) is 3.64. The highest BCUT2D eigenvalue weighted by atomic mass is 16.5. The van der Waals surface area contributed by atoms with Crippen LogP contribution in [0, 0.1) is 0 Å². The van der Waals surface area contributed by atoms with Crippen molar-refractivity contribution >= 4 is 5.97 Å². The van der Waals surface area contributed by atoms with Crippen molar-refractivity contribution in [3.63, 3.8) is 0 Å². The second-order valence-corrected chi connectivity index (χ2v) is 4.38. The zero-order valence-corrected chi connectivity index (χ0v) is 9.93. The van der Waals surface area contributed by atoms with Gasteiger partial charge in [-0.05, 0) is 30.5 Å². The third-order valence-corrected chi connectivity index (χ3v) is 2.92. The number of benzene rings is 1.